The first-order chi connectivity index (χ1) is 24.5. The third kappa shape index (κ3) is 9.29. The highest BCUT2D eigenvalue weighted by Gasteiger charge is 2.29. The lowest BCUT2D eigenvalue weighted by atomic mass is 10.0. The molecule has 0 saturated heterocycles. The Bertz CT molecular complexity index is 2290. The number of benzene rings is 4. The minimum absolute atomic E-state index is 0.218. The summed E-state index contributed by atoms with van der Waals surface area (Å²) in [7, 11) is -9.16. The molecule has 0 unspecified atom stereocenters. The highest BCUT2D eigenvalue weighted by molar-refractivity contribution is 7.81. The predicted molar refractivity (Wildman–Crippen MR) is 191 cm³/mol. The Kier molecular flexibility index (Phi) is 11.0. The van der Waals surface area contributed by atoms with Gasteiger partial charge in [-0.25, -0.2) is 8.37 Å². The summed E-state index contributed by atoms with van der Waals surface area (Å²) in [6.07, 6.45) is 4.70. The number of hydrogen-bond donors (Lipinski definition) is 2. The van der Waals surface area contributed by atoms with Gasteiger partial charge in [0.15, 0.2) is 12.3 Å². The maximum atomic E-state index is 11.2. The first-order valence-corrected chi connectivity index (χ1v) is 19.0. The van der Waals surface area contributed by atoms with Gasteiger partial charge in [0.25, 0.3) is 5.52 Å². The van der Waals surface area contributed by atoms with Crippen molar-refractivity contribution in [2.24, 2.45) is 0 Å². The molecule has 0 aliphatic carbocycles. The maximum absolute atomic E-state index is 11.2. The maximum Gasteiger partial charge on any atom is 0.397 e. The first-order valence-electron chi connectivity index (χ1n) is 16.2. The molecule has 6 rings (SSSR count). The van der Waals surface area contributed by atoms with Crippen LogP contribution in [0.1, 0.15) is 25.7 Å². The topological polar surface area (TPSA) is 157 Å². The van der Waals surface area contributed by atoms with E-state index in [9.17, 15) is 16.8 Å². The Morgan fingerprint density at radius 1 is 0.784 bits per heavy atom. The van der Waals surface area contributed by atoms with Gasteiger partial charge in [0.1, 0.15) is 0 Å². The predicted octanol–water partition coefficient (Wildman–Crippen LogP) is 6.70. The van der Waals surface area contributed by atoms with Crippen molar-refractivity contribution in [3.05, 3.63) is 127 Å². The van der Waals surface area contributed by atoms with Crippen LogP contribution in [0, 0.1) is 0 Å². The third-order valence-corrected chi connectivity index (χ3v) is 9.20. The van der Waals surface area contributed by atoms with Crippen molar-refractivity contribution < 1.29 is 48.0 Å². The van der Waals surface area contributed by atoms with Crippen LogP contribution in [0.4, 0.5) is 5.69 Å². The van der Waals surface area contributed by atoms with Crippen molar-refractivity contribution in [1.29, 1.82) is 0 Å². The summed E-state index contributed by atoms with van der Waals surface area (Å²) in [4.78, 5) is 1.93. The van der Waals surface area contributed by atoms with Gasteiger partial charge in [0.2, 0.25) is 11.5 Å². The summed E-state index contributed by atoms with van der Waals surface area (Å²) in [5.74, 6) is 1.73. The molecule has 1 aliphatic rings. The molecule has 0 bridgehead atoms. The number of rotatable bonds is 15. The average Bonchev–Trinajstić information content (AvgIpc) is 3.63. The SMILES string of the molecule is C/C=C(\C=C1/Oc2ccc(-c3ccccc3)cc2N1CCCOS(=O)(=O)O)Cc1oc2ccc(-c3ccccc3)cc2[n+]1CCCOS(=O)(=O)O. The van der Waals surface area contributed by atoms with E-state index >= 15 is 0 Å². The van der Waals surface area contributed by atoms with Crippen LogP contribution < -0.4 is 14.2 Å². The highest BCUT2D eigenvalue weighted by atomic mass is 32.3. The van der Waals surface area contributed by atoms with Crippen molar-refractivity contribution in [1.82, 2.24) is 0 Å². The Labute approximate surface area is 296 Å². The van der Waals surface area contributed by atoms with Gasteiger partial charge in [-0.05, 0) is 59.4 Å². The van der Waals surface area contributed by atoms with E-state index in [1.165, 1.54) is 0 Å². The minimum Gasteiger partial charge on any atom is -0.439 e. The van der Waals surface area contributed by atoms with Crippen LogP contribution in [0.5, 0.6) is 5.75 Å². The number of fused-ring (bicyclic) bond motifs is 2. The highest BCUT2D eigenvalue weighted by Crippen LogP contribution is 2.42. The molecule has 14 heteroatoms. The lowest BCUT2D eigenvalue weighted by Gasteiger charge is -2.19. The second-order valence-corrected chi connectivity index (χ2v) is 13.9. The number of aromatic nitrogens is 1. The van der Waals surface area contributed by atoms with Crippen LogP contribution >= 0.6 is 0 Å². The molecule has 0 fully saturated rings. The van der Waals surface area contributed by atoms with Crippen LogP contribution in [-0.2, 0) is 42.1 Å². The third-order valence-electron chi connectivity index (χ3n) is 8.27. The normalized spacial score (nSPS) is 14.3. The molecule has 2 N–H and O–H groups in total. The van der Waals surface area contributed by atoms with E-state index in [1.54, 1.807) is 0 Å². The Balaban J connectivity index is 1.32. The van der Waals surface area contributed by atoms with Crippen molar-refractivity contribution in [2.75, 3.05) is 24.7 Å². The summed E-state index contributed by atoms with van der Waals surface area (Å²) in [6.45, 7) is 2.12. The molecule has 51 heavy (non-hydrogen) atoms. The van der Waals surface area contributed by atoms with Gasteiger partial charge in [0, 0.05) is 25.1 Å². The van der Waals surface area contributed by atoms with Crippen molar-refractivity contribution >= 4 is 37.6 Å². The van der Waals surface area contributed by atoms with E-state index in [4.69, 9.17) is 18.3 Å². The molecule has 12 nitrogen and oxygen atoms in total. The molecule has 4 aromatic carbocycles. The van der Waals surface area contributed by atoms with E-state index in [0.717, 1.165) is 39.0 Å². The fourth-order valence-electron chi connectivity index (χ4n) is 5.91. The molecule has 0 radical (unpaired) electrons. The molecular formula is C37H37N2O10S2+. The molecule has 5 aromatic rings. The largest absolute Gasteiger partial charge is 0.439 e. The summed E-state index contributed by atoms with van der Waals surface area (Å²) in [5, 5.41) is 0. The molecular weight excluding hydrogens is 697 g/mol. The fraction of sp³-hybridized carbons (Fsp3) is 0.216. The van der Waals surface area contributed by atoms with Gasteiger partial charge < -0.3 is 14.1 Å². The number of ether oxygens (including phenoxy) is 1. The monoisotopic (exact) mass is 733 g/mol. The van der Waals surface area contributed by atoms with E-state index in [1.807, 2.05) is 126 Å². The van der Waals surface area contributed by atoms with E-state index < -0.39 is 20.8 Å². The van der Waals surface area contributed by atoms with E-state index in [-0.39, 0.29) is 26.1 Å². The number of anilines is 1. The fourth-order valence-corrected chi connectivity index (χ4v) is 6.57. The standard InChI is InChI=1S/C37H36N2O10S2/c1-2-27(23-36-38(19-9-21-46-50(40,41)42)32-25-30(15-17-34(32)48-36)28-11-5-3-6-12-28)24-37-39(20-10-22-47-51(43,44)45)33-26-31(16-18-35(33)49-37)29-13-7-4-8-14-29/h2-8,11-18,23,25-26H,9-10,19-22,24H2,1H3,(H-,40,41,42,43,44,45)/p+1/b27-2+,36-23-. The average molecular weight is 734 g/mol. The lowest BCUT2D eigenvalue weighted by molar-refractivity contribution is -0.684. The Morgan fingerprint density at radius 2 is 1.39 bits per heavy atom. The van der Waals surface area contributed by atoms with Gasteiger partial charge in [0.05, 0.1) is 25.3 Å². The van der Waals surface area contributed by atoms with Crippen molar-refractivity contribution in [3.63, 3.8) is 0 Å². The second-order valence-electron chi connectivity index (χ2n) is 11.7. The minimum atomic E-state index is -4.58. The van der Waals surface area contributed by atoms with Gasteiger partial charge in [-0.15, -0.1) is 0 Å². The molecule has 0 spiro atoms. The molecule has 1 aliphatic heterocycles. The Hall–Kier alpha value is -4.83. The van der Waals surface area contributed by atoms with Gasteiger partial charge in [-0.1, -0.05) is 78.9 Å². The zero-order chi connectivity index (χ0) is 36.0. The summed E-state index contributed by atoms with van der Waals surface area (Å²) in [6, 6.07) is 31.6. The molecule has 0 saturated carbocycles. The summed E-state index contributed by atoms with van der Waals surface area (Å²) >= 11 is 0. The number of nitrogens with zero attached hydrogens (tertiary/aromatic N) is 2. The number of hydrogen-bond acceptors (Lipinski definition) is 9. The quantitative estimate of drug-likeness (QED) is 0.0670. The number of aryl methyl sites for hydroxylation is 1. The van der Waals surface area contributed by atoms with Gasteiger partial charge >= 0.3 is 26.7 Å². The summed E-state index contributed by atoms with van der Waals surface area (Å²) in [5.41, 5.74) is 7.07. The van der Waals surface area contributed by atoms with Gasteiger partial charge in [-0.2, -0.15) is 21.4 Å². The van der Waals surface area contributed by atoms with Crippen molar-refractivity contribution in [2.45, 2.75) is 32.7 Å². The molecule has 1 aromatic heterocycles. The van der Waals surface area contributed by atoms with Crippen LogP contribution in [0.25, 0.3) is 33.4 Å². The van der Waals surface area contributed by atoms with Crippen LogP contribution in [0.2, 0.25) is 0 Å². The van der Waals surface area contributed by atoms with Crippen molar-refractivity contribution in [3.8, 4) is 28.0 Å². The first kappa shape index (κ1) is 36.0. The smallest absolute Gasteiger partial charge is 0.397 e. The zero-order valence-electron chi connectivity index (χ0n) is 27.7. The zero-order valence-corrected chi connectivity index (χ0v) is 29.3. The molecule has 0 amide bonds. The van der Waals surface area contributed by atoms with Crippen LogP contribution in [0.15, 0.2) is 125 Å². The van der Waals surface area contributed by atoms with Gasteiger partial charge in [-0.3, -0.25) is 9.11 Å². The number of allylic oxidation sites excluding steroid dienone is 3. The molecule has 266 valence electrons. The summed E-state index contributed by atoms with van der Waals surface area (Å²) < 4.78 is 86.7. The Morgan fingerprint density at radius 3 is 2.02 bits per heavy atom. The van der Waals surface area contributed by atoms with E-state index in [0.29, 0.717) is 42.6 Å². The van der Waals surface area contributed by atoms with E-state index in [2.05, 4.69) is 8.37 Å². The second kappa shape index (κ2) is 15.6. The molecule has 2 heterocycles. The van der Waals surface area contributed by atoms with Crippen LogP contribution in [-0.4, -0.2) is 45.7 Å². The lowest BCUT2D eigenvalue weighted by Crippen LogP contribution is -2.37. The van der Waals surface area contributed by atoms with Crippen LogP contribution in [0.3, 0.4) is 0 Å². The molecule has 0 atom stereocenters. The number of oxazole rings is 1.